The fraction of sp³-hybridized carbons (Fsp3) is 0.333. The fourth-order valence-corrected chi connectivity index (χ4v) is 3.48. The van der Waals surface area contributed by atoms with Crippen molar-refractivity contribution >= 4 is 22.4 Å². The Bertz CT molecular complexity index is 752. The molecule has 5 nitrogen and oxygen atoms in total. The molecule has 0 saturated carbocycles. The third-order valence-electron chi connectivity index (χ3n) is 3.78. The normalized spacial score (nSPS) is 11.6. The first-order chi connectivity index (χ1) is 11.4. The standard InChI is InChI=1S/C18H25N3O2S.ClH/c1-20(2)24(22,23)18-10-6-9-17(13-18)15-21(12-11-19)14-16-7-4-3-5-8-16;/h3-10,13H,11-12,14-15,19H2,1-2H3;1H. The van der Waals surface area contributed by atoms with Crippen LogP contribution in [-0.4, -0.2) is 44.8 Å². The molecule has 2 aromatic rings. The van der Waals surface area contributed by atoms with Crippen LogP contribution in [0.25, 0.3) is 0 Å². The van der Waals surface area contributed by atoms with Crippen LogP contribution in [0.15, 0.2) is 59.5 Å². The highest BCUT2D eigenvalue weighted by molar-refractivity contribution is 7.89. The lowest BCUT2D eigenvalue weighted by Crippen LogP contribution is -2.29. The lowest BCUT2D eigenvalue weighted by molar-refractivity contribution is 0.264. The third kappa shape index (κ3) is 6.09. The van der Waals surface area contributed by atoms with E-state index in [1.54, 1.807) is 18.2 Å². The second-order valence-electron chi connectivity index (χ2n) is 5.92. The smallest absolute Gasteiger partial charge is 0.242 e. The Labute approximate surface area is 156 Å². The number of hydrogen-bond donors (Lipinski definition) is 1. The largest absolute Gasteiger partial charge is 0.329 e. The fourth-order valence-electron chi connectivity index (χ4n) is 2.51. The predicted octanol–water partition coefficient (Wildman–Crippen LogP) is 2.32. The minimum atomic E-state index is -3.42. The molecule has 0 heterocycles. The molecule has 2 rings (SSSR count). The predicted molar refractivity (Wildman–Crippen MR) is 104 cm³/mol. The van der Waals surface area contributed by atoms with Gasteiger partial charge >= 0.3 is 0 Å². The lowest BCUT2D eigenvalue weighted by atomic mass is 10.1. The van der Waals surface area contributed by atoms with Crippen molar-refractivity contribution in [1.29, 1.82) is 0 Å². The molecule has 0 amide bonds. The van der Waals surface area contributed by atoms with Crippen LogP contribution in [-0.2, 0) is 23.1 Å². The first-order valence-corrected chi connectivity index (χ1v) is 9.35. The summed E-state index contributed by atoms with van der Waals surface area (Å²) in [6, 6.07) is 17.3. The number of hydrogen-bond acceptors (Lipinski definition) is 4. The van der Waals surface area contributed by atoms with Gasteiger partial charge in [-0.15, -0.1) is 12.4 Å². The number of benzene rings is 2. The van der Waals surface area contributed by atoms with E-state index in [9.17, 15) is 8.42 Å². The number of rotatable bonds is 8. The molecule has 2 N–H and O–H groups in total. The Hall–Kier alpha value is -1.44. The van der Waals surface area contributed by atoms with Crippen molar-refractivity contribution in [3.05, 3.63) is 65.7 Å². The summed E-state index contributed by atoms with van der Waals surface area (Å²) < 4.78 is 25.8. The maximum absolute atomic E-state index is 12.3. The molecular formula is C18H26ClN3O2S. The molecule has 0 saturated heterocycles. The second kappa shape index (κ2) is 9.89. The molecule has 25 heavy (non-hydrogen) atoms. The first kappa shape index (κ1) is 21.6. The minimum Gasteiger partial charge on any atom is -0.329 e. The van der Waals surface area contributed by atoms with Crippen LogP contribution in [0.2, 0.25) is 0 Å². The Kier molecular flexibility index (Phi) is 8.55. The number of nitrogens with zero attached hydrogens (tertiary/aromatic N) is 2. The van der Waals surface area contributed by atoms with Crippen LogP contribution >= 0.6 is 12.4 Å². The summed E-state index contributed by atoms with van der Waals surface area (Å²) in [4.78, 5) is 2.54. The Morgan fingerprint density at radius 2 is 1.52 bits per heavy atom. The van der Waals surface area contributed by atoms with Gasteiger partial charge in [-0.1, -0.05) is 42.5 Å². The zero-order valence-corrected chi connectivity index (χ0v) is 16.3. The van der Waals surface area contributed by atoms with Crippen molar-refractivity contribution < 1.29 is 8.42 Å². The highest BCUT2D eigenvalue weighted by atomic mass is 35.5. The highest BCUT2D eigenvalue weighted by Gasteiger charge is 2.17. The van der Waals surface area contributed by atoms with Crippen LogP contribution in [0.4, 0.5) is 0 Å². The summed E-state index contributed by atoms with van der Waals surface area (Å²) >= 11 is 0. The van der Waals surface area contributed by atoms with E-state index in [0.29, 0.717) is 18.0 Å². The maximum Gasteiger partial charge on any atom is 0.242 e. The maximum atomic E-state index is 12.3. The summed E-state index contributed by atoms with van der Waals surface area (Å²) in [5, 5.41) is 0. The topological polar surface area (TPSA) is 66.6 Å². The van der Waals surface area contributed by atoms with Crippen LogP contribution in [0.1, 0.15) is 11.1 Å². The van der Waals surface area contributed by atoms with Gasteiger partial charge in [-0.2, -0.15) is 0 Å². The number of nitrogens with two attached hydrogens (primary N) is 1. The summed E-state index contributed by atoms with van der Waals surface area (Å²) in [6.07, 6.45) is 0. The monoisotopic (exact) mass is 383 g/mol. The van der Waals surface area contributed by atoms with Gasteiger partial charge in [0.25, 0.3) is 0 Å². The molecule has 0 fully saturated rings. The van der Waals surface area contributed by atoms with Gasteiger partial charge in [-0.05, 0) is 23.3 Å². The van der Waals surface area contributed by atoms with Crippen molar-refractivity contribution in [3.8, 4) is 0 Å². The Morgan fingerprint density at radius 1 is 0.920 bits per heavy atom. The molecule has 0 unspecified atom stereocenters. The first-order valence-electron chi connectivity index (χ1n) is 7.91. The molecule has 0 radical (unpaired) electrons. The van der Waals surface area contributed by atoms with E-state index in [-0.39, 0.29) is 12.4 Å². The third-order valence-corrected chi connectivity index (χ3v) is 5.59. The van der Waals surface area contributed by atoms with Crippen molar-refractivity contribution in [2.24, 2.45) is 5.73 Å². The van der Waals surface area contributed by atoms with Crippen molar-refractivity contribution in [3.63, 3.8) is 0 Å². The summed E-state index contributed by atoms with van der Waals surface area (Å²) in [5.41, 5.74) is 7.90. The number of halogens is 1. The highest BCUT2D eigenvalue weighted by Crippen LogP contribution is 2.17. The number of sulfonamides is 1. The van der Waals surface area contributed by atoms with Gasteiger partial charge in [-0.25, -0.2) is 12.7 Å². The lowest BCUT2D eigenvalue weighted by Gasteiger charge is -2.22. The zero-order valence-electron chi connectivity index (χ0n) is 14.6. The van der Waals surface area contributed by atoms with Crippen molar-refractivity contribution in [2.45, 2.75) is 18.0 Å². The van der Waals surface area contributed by atoms with Gasteiger partial charge in [0.2, 0.25) is 10.0 Å². The molecule has 2 aromatic carbocycles. The average molecular weight is 384 g/mol. The molecule has 138 valence electrons. The van der Waals surface area contributed by atoms with E-state index < -0.39 is 10.0 Å². The molecule has 7 heteroatoms. The van der Waals surface area contributed by atoms with Gasteiger partial charge in [0.05, 0.1) is 4.90 Å². The van der Waals surface area contributed by atoms with Gasteiger partial charge in [-0.3, -0.25) is 4.90 Å². The SMILES string of the molecule is CN(C)S(=O)(=O)c1cccc(CN(CCN)Cc2ccccc2)c1.Cl. The van der Waals surface area contributed by atoms with Crippen LogP contribution in [0.5, 0.6) is 0 Å². The van der Waals surface area contributed by atoms with E-state index in [0.717, 1.165) is 18.7 Å². The van der Waals surface area contributed by atoms with E-state index in [2.05, 4.69) is 17.0 Å². The Balaban J connectivity index is 0.00000312. The molecular weight excluding hydrogens is 358 g/mol. The summed E-state index contributed by atoms with van der Waals surface area (Å²) in [5.74, 6) is 0. The van der Waals surface area contributed by atoms with E-state index in [1.165, 1.54) is 24.0 Å². The Morgan fingerprint density at radius 3 is 2.12 bits per heavy atom. The average Bonchev–Trinajstić information content (AvgIpc) is 2.56. The second-order valence-corrected chi connectivity index (χ2v) is 8.07. The molecule has 0 atom stereocenters. The molecule has 0 spiro atoms. The van der Waals surface area contributed by atoms with Gasteiger partial charge in [0, 0.05) is 40.3 Å². The molecule has 0 aromatic heterocycles. The molecule has 0 aliphatic carbocycles. The van der Waals surface area contributed by atoms with Crippen LogP contribution in [0.3, 0.4) is 0 Å². The zero-order chi connectivity index (χ0) is 17.6. The van der Waals surface area contributed by atoms with E-state index >= 15 is 0 Å². The molecule has 0 aliphatic rings. The van der Waals surface area contributed by atoms with Gasteiger partial charge in [0.1, 0.15) is 0 Å². The quantitative estimate of drug-likeness (QED) is 0.759. The summed E-state index contributed by atoms with van der Waals surface area (Å²) in [6.45, 7) is 2.74. The van der Waals surface area contributed by atoms with Gasteiger partial charge < -0.3 is 5.73 Å². The van der Waals surface area contributed by atoms with Crippen LogP contribution in [0, 0.1) is 0 Å². The van der Waals surface area contributed by atoms with Gasteiger partial charge in [0.15, 0.2) is 0 Å². The van der Waals surface area contributed by atoms with Crippen LogP contribution < -0.4 is 5.73 Å². The van der Waals surface area contributed by atoms with Crippen molar-refractivity contribution in [1.82, 2.24) is 9.21 Å². The van der Waals surface area contributed by atoms with E-state index in [1.807, 2.05) is 24.3 Å². The summed E-state index contributed by atoms with van der Waals surface area (Å²) in [7, 11) is -0.337. The molecule has 0 bridgehead atoms. The van der Waals surface area contributed by atoms with E-state index in [4.69, 9.17) is 5.73 Å². The minimum absolute atomic E-state index is 0. The van der Waals surface area contributed by atoms with Crippen molar-refractivity contribution in [2.75, 3.05) is 27.2 Å². The molecule has 0 aliphatic heterocycles.